The highest BCUT2D eigenvalue weighted by molar-refractivity contribution is 6.36. The van der Waals surface area contributed by atoms with Crippen LogP contribution in [0, 0.1) is 12.7 Å². The second kappa shape index (κ2) is 13.0. The molecule has 11 heteroatoms. The summed E-state index contributed by atoms with van der Waals surface area (Å²) in [7, 11) is 2.99. The number of amides is 1. The number of hydrogen-bond donors (Lipinski definition) is 3. The van der Waals surface area contributed by atoms with E-state index in [1.165, 1.54) is 31.4 Å². The number of nitrogens with one attached hydrogen (secondary N) is 2. The largest absolute Gasteiger partial charge is 0.481 e. The number of aromatic nitrogens is 3. The highest BCUT2D eigenvalue weighted by atomic mass is 35.5. The van der Waals surface area contributed by atoms with E-state index in [9.17, 15) is 19.1 Å². The Bertz CT molecular complexity index is 1730. The minimum Gasteiger partial charge on any atom is -0.481 e. The van der Waals surface area contributed by atoms with Gasteiger partial charge in [-0.2, -0.15) is 5.10 Å². The summed E-state index contributed by atoms with van der Waals surface area (Å²) in [4.78, 5) is 30.0. The first-order valence-electron chi connectivity index (χ1n) is 14.1. The van der Waals surface area contributed by atoms with E-state index in [4.69, 9.17) is 21.3 Å². The molecule has 1 aliphatic carbocycles. The minimum atomic E-state index is -0.675. The first-order chi connectivity index (χ1) is 20.7. The van der Waals surface area contributed by atoms with E-state index >= 15 is 0 Å². The molecule has 1 fully saturated rings. The normalized spacial score (nSPS) is 16.6. The molecule has 43 heavy (non-hydrogen) atoms. The number of hydrogen-bond acceptors (Lipinski definition) is 7. The predicted octanol–water partition coefficient (Wildman–Crippen LogP) is 5.26. The standard InChI is InChI=1S/C32H33ClFN5O4/c1-18-24(15-20(34)16-27(18)37-30(41)23-13-14-36-39(2)32(23)42)21-7-6-8-22(29(21)33)25-12-11-19(31(38-25)43-3)17-35-26-9-4-5-10-28(26)40/h6-8,11-16,26,28,35,40H,4-5,9-10,17H2,1-3H3,(H,37,41)/t26-,28+/m1/s1. The predicted molar refractivity (Wildman–Crippen MR) is 164 cm³/mol. The van der Waals surface area contributed by atoms with Crippen LogP contribution in [0.5, 0.6) is 5.88 Å². The van der Waals surface area contributed by atoms with E-state index in [0.717, 1.165) is 35.9 Å². The number of carbonyl (C=O) groups is 1. The SMILES string of the molecule is COc1nc(-c2cccc(-c3cc(F)cc(NC(=O)c4ccnn(C)c4=O)c3C)c2Cl)ccc1CN[C@@H]1CCCC[C@@H]1O. The molecule has 2 heterocycles. The summed E-state index contributed by atoms with van der Waals surface area (Å²) in [6.07, 6.45) is 4.82. The fourth-order valence-corrected chi connectivity index (χ4v) is 5.74. The van der Waals surface area contributed by atoms with Crippen LogP contribution in [0.25, 0.3) is 22.4 Å². The summed E-state index contributed by atoms with van der Waals surface area (Å²) in [6.45, 7) is 2.24. The Labute approximate surface area is 253 Å². The number of methoxy groups -OCH3 is 1. The lowest BCUT2D eigenvalue weighted by Gasteiger charge is -2.28. The molecule has 0 unspecified atom stereocenters. The molecule has 0 spiro atoms. The molecule has 9 nitrogen and oxygen atoms in total. The Morgan fingerprint density at radius 2 is 1.91 bits per heavy atom. The zero-order valence-electron chi connectivity index (χ0n) is 24.2. The lowest BCUT2D eigenvalue weighted by molar-refractivity contribution is 0.0901. The van der Waals surface area contributed by atoms with Crippen LogP contribution in [-0.2, 0) is 13.6 Å². The smallest absolute Gasteiger partial charge is 0.279 e. The fraction of sp³-hybridized carbons (Fsp3) is 0.312. The maximum atomic E-state index is 14.9. The van der Waals surface area contributed by atoms with Crippen LogP contribution in [-0.4, -0.2) is 45.0 Å². The zero-order chi connectivity index (χ0) is 30.7. The maximum absolute atomic E-state index is 14.9. The van der Waals surface area contributed by atoms with Crippen LogP contribution in [0.4, 0.5) is 10.1 Å². The van der Waals surface area contributed by atoms with Gasteiger partial charge in [-0.05, 0) is 55.2 Å². The van der Waals surface area contributed by atoms with E-state index < -0.39 is 17.3 Å². The van der Waals surface area contributed by atoms with Crippen molar-refractivity contribution >= 4 is 23.2 Å². The quantitative estimate of drug-likeness (QED) is 0.251. The topological polar surface area (TPSA) is 118 Å². The number of nitrogens with zero attached hydrogens (tertiary/aromatic N) is 3. The summed E-state index contributed by atoms with van der Waals surface area (Å²) in [6, 6.07) is 13.0. The third-order valence-corrected chi connectivity index (χ3v) is 8.26. The van der Waals surface area contributed by atoms with Crippen molar-refractivity contribution in [1.29, 1.82) is 0 Å². The van der Waals surface area contributed by atoms with E-state index in [1.807, 2.05) is 18.2 Å². The molecular weight excluding hydrogens is 573 g/mol. The number of pyridine rings is 1. The number of benzene rings is 2. The molecule has 2 aromatic heterocycles. The van der Waals surface area contributed by atoms with Crippen molar-refractivity contribution < 1.29 is 19.0 Å². The number of anilines is 1. The van der Waals surface area contributed by atoms with Crippen LogP contribution in [0.15, 0.2) is 59.5 Å². The molecule has 0 radical (unpaired) electrons. The van der Waals surface area contributed by atoms with Crippen LogP contribution >= 0.6 is 11.6 Å². The van der Waals surface area contributed by atoms with Crippen LogP contribution < -0.4 is 20.9 Å². The number of aliphatic hydroxyl groups excluding tert-OH is 1. The number of rotatable bonds is 8. The van der Waals surface area contributed by atoms with Gasteiger partial charge >= 0.3 is 0 Å². The van der Waals surface area contributed by atoms with Crippen LogP contribution in [0.3, 0.4) is 0 Å². The van der Waals surface area contributed by atoms with Gasteiger partial charge in [-0.25, -0.2) is 14.1 Å². The van der Waals surface area contributed by atoms with Gasteiger partial charge in [0, 0.05) is 48.2 Å². The molecule has 224 valence electrons. The molecule has 0 bridgehead atoms. The number of carbonyl (C=O) groups excluding carboxylic acids is 1. The first-order valence-corrected chi connectivity index (χ1v) is 14.4. The number of aryl methyl sites for hydroxylation is 1. The molecule has 0 aliphatic heterocycles. The second-order valence-electron chi connectivity index (χ2n) is 10.6. The summed E-state index contributed by atoms with van der Waals surface area (Å²) in [5.74, 6) is -0.822. The van der Waals surface area contributed by atoms with Crippen LogP contribution in [0.2, 0.25) is 5.02 Å². The van der Waals surface area contributed by atoms with E-state index in [-0.39, 0.29) is 23.4 Å². The third-order valence-electron chi connectivity index (χ3n) is 7.85. The number of ether oxygens (including phenoxy) is 1. The van der Waals surface area contributed by atoms with Gasteiger partial charge in [-0.15, -0.1) is 0 Å². The van der Waals surface area contributed by atoms with Crippen molar-refractivity contribution in [2.24, 2.45) is 7.05 Å². The number of halogens is 2. The highest BCUT2D eigenvalue weighted by Gasteiger charge is 2.23. The van der Waals surface area contributed by atoms with E-state index in [2.05, 4.69) is 15.7 Å². The van der Waals surface area contributed by atoms with Crippen molar-refractivity contribution in [1.82, 2.24) is 20.1 Å². The summed E-state index contributed by atoms with van der Waals surface area (Å²) >= 11 is 6.93. The fourth-order valence-electron chi connectivity index (χ4n) is 5.42. The highest BCUT2D eigenvalue weighted by Crippen LogP contribution is 2.40. The third kappa shape index (κ3) is 6.46. The van der Waals surface area contributed by atoms with Crippen LogP contribution in [0.1, 0.15) is 47.2 Å². The van der Waals surface area contributed by atoms with Gasteiger partial charge in [0.25, 0.3) is 11.5 Å². The van der Waals surface area contributed by atoms with Crippen molar-refractivity contribution in [2.45, 2.75) is 51.3 Å². The Hall–Kier alpha value is -4.12. The summed E-state index contributed by atoms with van der Waals surface area (Å²) in [5, 5.41) is 20.6. The van der Waals surface area contributed by atoms with Gasteiger partial charge in [0.15, 0.2) is 0 Å². The van der Waals surface area contributed by atoms with Gasteiger partial charge in [-0.3, -0.25) is 9.59 Å². The van der Waals surface area contributed by atoms with E-state index in [0.29, 0.717) is 45.4 Å². The Morgan fingerprint density at radius 3 is 2.67 bits per heavy atom. The molecule has 1 aliphatic rings. The lowest BCUT2D eigenvalue weighted by Crippen LogP contribution is -2.41. The molecule has 1 saturated carbocycles. The van der Waals surface area contributed by atoms with Crippen molar-refractivity contribution in [3.05, 3.63) is 92.6 Å². The average Bonchev–Trinajstić information content (AvgIpc) is 3.00. The zero-order valence-corrected chi connectivity index (χ0v) is 24.9. The summed E-state index contributed by atoms with van der Waals surface area (Å²) < 4.78 is 21.5. The molecule has 0 saturated heterocycles. The lowest BCUT2D eigenvalue weighted by atomic mass is 9.92. The first kappa shape index (κ1) is 30.3. The molecule has 5 rings (SSSR count). The monoisotopic (exact) mass is 605 g/mol. The minimum absolute atomic E-state index is 0.0310. The van der Waals surface area contributed by atoms with Crippen molar-refractivity contribution in [3.63, 3.8) is 0 Å². The second-order valence-corrected chi connectivity index (χ2v) is 11.0. The number of aliphatic hydroxyl groups is 1. The van der Waals surface area contributed by atoms with Gasteiger partial charge in [0.2, 0.25) is 5.88 Å². The molecule has 3 N–H and O–H groups in total. The van der Waals surface area contributed by atoms with Crippen molar-refractivity contribution in [3.8, 4) is 28.3 Å². The van der Waals surface area contributed by atoms with Gasteiger partial charge in [0.05, 0.1) is 23.9 Å². The van der Waals surface area contributed by atoms with Crippen molar-refractivity contribution in [2.75, 3.05) is 12.4 Å². The van der Waals surface area contributed by atoms with Gasteiger partial charge in [0.1, 0.15) is 11.4 Å². The Morgan fingerprint density at radius 1 is 1.14 bits per heavy atom. The maximum Gasteiger partial charge on any atom is 0.279 e. The Balaban J connectivity index is 1.44. The molecule has 2 aromatic carbocycles. The van der Waals surface area contributed by atoms with Gasteiger partial charge < -0.3 is 20.5 Å². The molecule has 4 aromatic rings. The molecular formula is C32H33ClFN5O4. The summed E-state index contributed by atoms with van der Waals surface area (Å²) in [5.41, 5.74) is 3.15. The van der Waals surface area contributed by atoms with Gasteiger partial charge in [-0.1, -0.05) is 48.7 Å². The molecule has 1 amide bonds. The van der Waals surface area contributed by atoms with E-state index in [1.54, 1.807) is 26.2 Å². The average molecular weight is 606 g/mol. The molecule has 2 atom stereocenters. The Kier molecular flexibility index (Phi) is 9.19.